The highest BCUT2D eigenvalue weighted by Gasteiger charge is 2.28. The number of aromatic nitrogens is 2. The molecule has 1 fully saturated rings. The van der Waals surface area contributed by atoms with E-state index in [0.29, 0.717) is 5.92 Å². The lowest BCUT2D eigenvalue weighted by molar-refractivity contribution is -0.123. The van der Waals surface area contributed by atoms with Crippen LogP contribution in [0, 0.1) is 5.92 Å². The normalized spacial score (nSPS) is 19.8. The molecule has 2 heterocycles. The average Bonchev–Trinajstić information content (AvgIpc) is 3.16. The zero-order chi connectivity index (χ0) is 17.7. The van der Waals surface area contributed by atoms with E-state index in [9.17, 15) is 9.59 Å². The quantitative estimate of drug-likeness (QED) is 0.822. The molecule has 2 rings (SSSR count). The molecule has 0 bridgehead atoms. The van der Waals surface area contributed by atoms with E-state index < -0.39 is 6.04 Å². The number of nitrogens with zero attached hydrogens (tertiary/aromatic N) is 3. The zero-order valence-electron chi connectivity index (χ0n) is 15.1. The van der Waals surface area contributed by atoms with Gasteiger partial charge in [-0.2, -0.15) is 5.10 Å². The molecule has 0 aliphatic carbocycles. The molecule has 24 heavy (non-hydrogen) atoms. The Morgan fingerprint density at radius 3 is 2.75 bits per heavy atom. The molecule has 2 N–H and O–H groups in total. The number of nitrogens with one attached hydrogen (secondary N) is 2. The molecule has 1 saturated heterocycles. The van der Waals surface area contributed by atoms with E-state index >= 15 is 0 Å². The van der Waals surface area contributed by atoms with Gasteiger partial charge in [-0.15, -0.1) is 0 Å². The number of hydrogen-bond donors (Lipinski definition) is 2. The van der Waals surface area contributed by atoms with Crippen LogP contribution in [0.4, 0.5) is 4.79 Å². The molecule has 0 aromatic carbocycles. The summed E-state index contributed by atoms with van der Waals surface area (Å²) >= 11 is 0. The maximum absolute atomic E-state index is 12.3. The lowest BCUT2D eigenvalue weighted by Crippen LogP contribution is -2.50. The van der Waals surface area contributed by atoms with E-state index in [4.69, 9.17) is 0 Å². The number of urea groups is 1. The SMILES string of the molecule is CC[C@H](C)NC(=O)[C@H](C)NC(=O)N1CC[C@H](Cc2cnn(C)c2)C1. The van der Waals surface area contributed by atoms with Crippen molar-refractivity contribution in [3.8, 4) is 0 Å². The van der Waals surface area contributed by atoms with Crippen molar-refractivity contribution in [1.82, 2.24) is 25.3 Å². The number of amides is 3. The van der Waals surface area contributed by atoms with Gasteiger partial charge in [-0.25, -0.2) is 4.79 Å². The summed E-state index contributed by atoms with van der Waals surface area (Å²) in [5.41, 5.74) is 1.20. The fourth-order valence-electron chi connectivity index (χ4n) is 2.91. The minimum absolute atomic E-state index is 0.118. The molecule has 7 heteroatoms. The van der Waals surface area contributed by atoms with Gasteiger partial charge in [0.05, 0.1) is 6.20 Å². The van der Waals surface area contributed by atoms with Gasteiger partial charge in [0.25, 0.3) is 0 Å². The standard InChI is InChI=1S/C17H29N5O2/c1-5-12(2)19-16(23)13(3)20-17(24)22-7-6-14(11-22)8-15-9-18-21(4)10-15/h9-10,12-14H,5-8,11H2,1-4H3,(H,19,23)(H,20,24)/t12-,13-,14+/m0/s1. The van der Waals surface area contributed by atoms with E-state index in [-0.39, 0.29) is 18.0 Å². The molecular weight excluding hydrogens is 306 g/mol. The first-order valence-corrected chi connectivity index (χ1v) is 8.72. The molecule has 0 unspecified atom stereocenters. The molecule has 3 atom stereocenters. The number of hydrogen-bond acceptors (Lipinski definition) is 3. The predicted octanol–water partition coefficient (Wildman–Crippen LogP) is 1.30. The molecule has 7 nitrogen and oxygen atoms in total. The van der Waals surface area contributed by atoms with Gasteiger partial charge in [-0.1, -0.05) is 6.92 Å². The molecule has 134 valence electrons. The monoisotopic (exact) mass is 335 g/mol. The number of likely N-dealkylation sites (tertiary alicyclic amines) is 1. The van der Waals surface area contributed by atoms with Gasteiger partial charge >= 0.3 is 6.03 Å². The van der Waals surface area contributed by atoms with E-state index in [1.54, 1.807) is 16.5 Å². The van der Waals surface area contributed by atoms with Crippen LogP contribution in [-0.2, 0) is 18.3 Å². The third-order valence-corrected chi connectivity index (χ3v) is 4.59. The Bertz CT molecular complexity index is 571. The van der Waals surface area contributed by atoms with Gasteiger partial charge in [0.15, 0.2) is 0 Å². The van der Waals surface area contributed by atoms with Crippen molar-refractivity contribution in [3.05, 3.63) is 18.0 Å². The molecular formula is C17H29N5O2. The number of carbonyl (C=O) groups excluding carboxylic acids is 2. The topological polar surface area (TPSA) is 79.3 Å². The predicted molar refractivity (Wildman–Crippen MR) is 92.5 cm³/mol. The zero-order valence-corrected chi connectivity index (χ0v) is 15.1. The van der Waals surface area contributed by atoms with Crippen molar-refractivity contribution in [3.63, 3.8) is 0 Å². The Labute approximate surface area is 143 Å². The molecule has 1 aromatic rings. The van der Waals surface area contributed by atoms with Crippen molar-refractivity contribution in [1.29, 1.82) is 0 Å². The fraction of sp³-hybridized carbons (Fsp3) is 0.706. The van der Waals surface area contributed by atoms with Gasteiger partial charge in [0.2, 0.25) is 5.91 Å². The maximum Gasteiger partial charge on any atom is 0.318 e. The highest BCUT2D eigenvalue weighted by atomic mass is 16.2. The molecule has 1 aliphatic rings. The third kappa shape index (κ3) is 4.97. The second-order valence-corrected chi connectivity index (χ2v) is 6.82. The van der Waals surface area contributed by atoms with Crippen molar-refractivity contribution in [2.75, 3.05) is 13.1 Å². The molecule has 1 aliphatic heterocycles. The first-order valence-electron chi connectivity index (χ1n) is 8.72. The van der Waals surface area contributed by atoms with E-state index in [2.05, 4.69) is 15.7 Å². The van der Waals surface area contributed by atoms with Gasteiger partial charge in [0.1, 0.15) is 6.04 Å². The van der Waals surface area contributed by atoms with Crippen molar-refractivity contribution >= 4 is 11.9 Å². The fourth-order valence-corrected chi connectivity index (χ4v) is 2.91. The molecule has 1 aromatic heterocycles. The Hall–Kier alpha value is -2.05. The van der Waals surface area contributed by atoms with E-state index in [1.165, 1.54) is 5.56 Å². The maximum atomic E-state index is 12.3. The smallest absolute Gasteiger partial charge is 0.318 e. The lowest BCUT2D eigenvalue weighted by Gasteiger charge is -2.22. The summed E-state index contributed by atoms with van der Waals surface area (Å²) < 4.78 is 1.80. The van der Waals surface area contributed by atoms with Crippen LogP contribution in [0.2, 0.25) is 0 Å². The largest absolute Gasteiger partial charge is 0.352 e. The molecule has 0 radical (unpaired) electrons. The van der Waals surface area contributed by atoms with Crippen LogP contribution in [-0.4, -0.2) is 51.8 Å². The van der Waals surface area contributed by atoms with Gasteiger partial charge in [0, 0.05) is 32.4 Å². The van der Waals surface area contributed by atoms with Crippen LogP contribution in [0.1, 0.15) is 39.2 Å². The Kier molecular flexibility index (Phi) is 6.23. The van der Waals surface area contributed by atoms with Crippen LogP contribution >= 0.6 is 0 Å². The van der Waals surface area contributed by atoms with E-state index in [0.717, 1.165) is 32.4 Å². The van der Waals surface area contributed by atoms with Crippen LogP contribution in [0.5, 0.6) is 0 Å². The molecule has 0 spiro atoms. The first kappa shape index (κ1) is 18.3. The second-order valence-electron chi connectivity index (χ2n) is 6.82. The van der Waals surface area contributed by atoms with E-state index in [1.807, 2.05) is 33.3 Å². The van der Waals surface area contributed by atoms with Crippen LogP contribution in [0.15, 0.2) is 12.4 Å². The second kappa shape index (κ2) is 8.17. The third-order valence-electron chi connectivity index (χ3n) is 4.59. The number of rotatable bonds is 6. The van der Waals surface area contributed by atoms with Crippen LogP contribution in [0.3, 0.4) is 0 Å². The summed E-state index contributed by atoms with van der Waals surface area (Å²) in [6.45, 7) is 7.15. The average molecular weight is 335 g/mol. The number of aryl methyl sites for hydroxylation is 1. The Morgan fingerprint density at radius 2 is 2.12 bits per heavy atom. The molecule has 3 amide bonds. The summed E-state index contributed by atoms with van der Waals surface area (Å²) in [5, 5.41) is 9.87. The minimum atomic E-state index is -0.524. The van der Waals surface area contributed by atoms with Crippen LogP contribution < -0.4 is 10.6 Å². The summed E-state index contributed by atoms with van der Waals surface area (Å²) in [4.78, 5) is 26.2. The summed E-state index contributed by atoms with van der Waals surface area (Å²) in [6, 6.07) is -0.563. The summed E-state index contributed by atoms with van der Waals surface area (Å²) in [6.07, 6.45) is 6.68. The highest BCUT2D eigenvalue weighted by molar-refractivity contribution is 5.86. The van der Waals surface area contributed by atoms with Gasteiger partial charge < -0.3 is 15.5 Å². The van der Waals surface area contributed by atoms with Crippen molar-refractivity contribution in [2.45, 2.75) is 52.1 Å². The number of carbonyl (C=O) groups is 2. The van der Waals surface area contributed by atoms with Gasteiger partial charge in [-0.05, 0) is 44.6 Å². The lowest BCUT2D eigenvalue weighted by atomic mass is 10.0. The minimum Gasteiger partial charge on any atom is -0.352 e. The molecule has 0 saturated carbocycles. The highest BCUT2D eigenvalue weighted by Crippen LogP contribution is 2.20. The Balaban J connectivity index is 1.78. The van der Waals surface area contributed by atoms with Crippen LogP contribution in [0.25, 0.3) is 0 Å². The Morgan fingerprint density at radius 1 is 1.38 bits per heavy atom. The van der Waals surface area contributed by atoms with Crippen molar-refractivity contribution < 1.29 is 9.59 Å². The first-order chi connectivity index (χ1) is 11.4. The van der Waals surface area contributed by atoms with Crippen molar-refractivity contribution in [2.24, 2.45) is 13.0 Å². The van der Waals surface area contributed by atoms with Gasteiger partial charge in [-0.3, -0.25) is 9.48 Å². The summed E-state index contributed by atoms with van der Waals surface area (Å²) in [5.74, 6) is 0.313. The summed E-state index contributed by atoms with van der Waals surface area (Å²) in [7, 11) is 1.91.